The Kier molecular flexibility index (Phi) is 5.99. The van der Waals surface area contributed by atoms with E-state index in [1.807, 2.05) is 19.1 Å². The molecule has 0 aliphatic heterocycles. The molecular formula is C17H19ClN2O3S. The van der Waals surface area contributed by atoms with Crippen molar-refractivity contribution in [3.8, 4) is 0 Å². The van der Waals surface area contributed by atoms with Crippen molar-refractivity contribution in [3.05, 3.63) is 65.2 Å². The standard InChI is InChI=1S/C17H19ClN2O3S/c1-12(14-8-10-15(18)11-9-14)19-17(21)13(2)20-24(22,23)16-6-4-3-5-7-16/h3-13,20H,1-2H3,(H,19,21). The van der Waals surface area contributed by atoms with Crippen LogP contribution in [0.1, 0.15) is 25.5 Å². The van der Waals surface area contributed by atoms with Gasteiger partial charge in [-0.2, -0.15) is 4.72 Å². The molecule has 7 heteroatoms. The Morgan fingerprint density at radius 2 is 1.58 bits per heavy atom. The highest BCUT2D eigenvalue weighted by Crippen LogP contribution is 2.16. The second-order valence-electron chi connectivity index (χ2n) is 5.44. The zero-order valence-electron chi connectivity index (χ0n) is 13.4. The van der Waals surface area contributed by atoms with Crippen LogP contribution in [-0.4, -0.2) is 20.4 Å². The first kappa shape index (κ1) is 18.4. The minimum absolute atomic E-state index is 0.121. The van der Waals surface area contributed by atoms with E-state index in [4.69, 9.17) is 11.6 Å². The lowest BCUT2D eigenvalue weighted by Gasteiger charge is -2.19. The number of hydrogen-bond donors (Lipinski definition) is 2. The van der Waals surface area contributed by atoms with Gasteiger partial charge in [-0.25, -0.2) is 8.42 Å². The Morgan fingerprint density at radius 3 is 2.17 bits per heavy atom. The number of hydrogen-bond acceptors (Lipinski definition) is 3. The highest BCUT2D eigenvalue weighted by atomic mass is 35.5. The molecule has 0 saturated carbocycles. The summed E-state index contributed by atoms with van der Waals surface area (Å²) in [5.74, 6) is -0.406. The first-order valence-corrected chi connectivity index (χ1v) is 9.29. The molecule has 2 atom stereocenters. The third-order valence-corrected chi connectivity index (χ3v) is 5.32. The van der Waals surface area contributed by atoms with Crippen LogP contribution in [0.25, 0.3) is 0 Å². The molecule has 0 aromatic heterocycles. The number of rotatable bonds is 6. The summed E-state index contributed by atoms with van der Waals surface area (Å²) in [6.45, 7) is 3.32. The number of carbonyl (C=O) groups is 1. The van der Waals surface area contributed by atoms with Crippen LogP contribution in [-0.2, 0) is 14.8 Å². The van der Waals surface area contributed by atoms with Gasteiger partial charge in [-0.15, -0.1) is 0 Å². The van der Waals surface area contributed by atoms with Gasteiger partial charge in [0.1, 0.15) is 0 Å². The molecule has 2 unspecified atom stereocenters. The Bertz CT molecular complexity index is 792. The molecule has 2 rings (SSSR count). The number of sulfonamides is 1. The minimum atomic E-state index is -3.74. The van der Waals surface area contributed by atoms with E-state index < -0.39 is 22.0 Å². The average molecular weight is 367 g/mol. The van der Waals surface area contributed by atoms with Gasteiger partial charge in [0.2, 0.25) is 15.9 Å². The van der Waals surface area contributed by atoms with E-state index in [0.717, 1.165) is 5.56 Å². The van der Waals surface area contributed by atoms with Crippen molar-refractivity contribution < 1.29 is 13.2 Å². The summed E-state index contributed by atoms with van der Waals surface area (Å²) in [5, 5.41) is 3.39. The quantitative estimate of drug-likeness (QED) is 0.825. The van der Waals surface area contributed by atoms with Crippen molar-refractivity contribution in [2.75, 3.05) is 0 Å². The smallest absolute Gasteiger partial charge is 0.241 e. The van der Waals surface area contributed by atoms with E-state index in [2.05, 4.69) is 10.0 Å². The maximum atomic E-state index is 12.2. The second-order valence-corrected chi connectivity index (χ2v) is 7.59. The van der Waals surface area contributed by atoms with E-state index in [0.29, 0.717) is 5.02 Å². The fourth-order valence-electron chi connectivity index (χ4n) is 2.13. The number of carbonyl (C=O) groups excluding carboxylic acids is 1. The van der Waals surface area contributed by atoms with Crippen LogP contribution in [0.5, 0.6) is 0 Å². The first-order valence-electron chi connectivity index (χ1n) is 7.43. The van der Waals surface area contributed by atoms with E-state index >= 15 is 0 Å². The lowest BCUT2D eigenvalue weighted by Crippen LogP contribution is -2.45. The maximum absolute atomic E-state index is 12.2. The molecule has 0 radical (unpaired) electrons. The molecule has 0 aliphatic rings. The molecule has 128 valence electrons. The van der Waals surface area contributed by atoms with Crippen LogP contribution in [0.2, 0.25) is 5.02 Å². The molecule has 2 aromatic carbocycles. The molecule has 2 aromatic rings. The second kappa shape index (κ2) is 7.79. The van der Waals surface area contributed by atoms with Crippen LogP contribution in [0.4, 0.5) is 0 Å². The zero-order valence-corrected chi connectivity index (χ0v) is 14.9. The molecule has 0 spiro atoms. The van der Waals surface area contributed by atoms with Crippen molar-refractivity contribution in [1.82, 2.24) is 10.0 Å². The van der Waals surface area contributed by atoms with Gasteiger partial charge in [-0.3, -0.25) is 4.79 Å². The summed E-state index contributed by atoms with van der Waals surface area (Å²) in [5.41, 5.74) is 0.880. The summed E-state index contributed by atoms with van der Waals surface area (Å²) < 4.78 is 26.8. The number of amides is 1. The van der Waals surface area contributed by atoms with Crippen molar-refractivity contribution >= 4 is 27.5 Å². The summed E-state index contributed by atoms with van der Waals surface area (Å²) in [4.78, 5) is 12.4. The number of nitrogens with one attached hydrogen (secondary N) is 2. The van der Waals surface area contributed by atoms with Gasteiger partial charge in [-0.05, 0) is 43.7 Å². The highest BCUT2D eigenvalue weighted by molar-refractivity contribution is 7.89. The molecular weight excluding hydrogens is 348 g/mol. The SMILES string of the molecule is CC(NS(=O)(=O)c1ccccc1)C(=O)NC(C)c1ccc(Cl)cc1. The predicted molar refractivity (Wildman–Crippen MR) is 94.2 cm³/mol. The molecule has 24 heavy (non-hydrogen) atoms. The number of benzene rings is 2. The van der Waals surface area contributed by atoms with E-state index in [1.54, 1.807) is 30.3 Å². The van der Waals surface area contributed by atoms with Gasteiger partial charge in [0.15, 0.2) is 0 Å². The van der Waals surface area contributed by atoms with Crippen LogP contribution < -0.4 is 10.0 Å². The van der Waals surface area contributed by atoms with Gasteiger partial charge in [0.05, 0.1) is 17.0 Å². The van der Waals surface area contributed by atoms with Gasteiger partial charge < -0.3 is 5.32 Å². The predicted octanol–water partition coefficient (Wildman–Crippen LogP) is 2.88. The lowest BCUT2D eigenvalue weighted by molar-refractivity contribution is -0.123. The van der Waals surface area contributed by atoms with Crippen LogP contribution in [0.3, 0.4) is 0 Å². The van der Waals surface area contributed by atoms with Gasteiger partial charge in [0, 0.05) is 5.02 Å². The van der Waals surface area contributed by atoms with Crippen LogP contribution >= 0.6 is 11.6 Å². The molecule has 1 amide bonds. The van der Waals surface area contributed by atoms with E-state index in [-0.39, 0.29) is 10.9 Å². The van der Waals surface area contributed by atoms with E-state index in [9.17, 15) is 13.2 Å². The molecule has 0 bridgehead atoms. The van der Waals surface area contributed by atoms with Crippen LogP contribution in [0.15, 0.2) is 59.5 Å². The summed E-state index contributed by atoms with van der Waals surface area (Å²) in [6, 6.07) is 13.9. The Labute approximate surface area is 147 Å². The lowest BCUT2D eigenvalue weighted by atomic mass is 10.1. The van der Waals surface area contributed by atoms with Crippen molar-refractivity contribution in [2.45, 2.75) is 30.8 Å². The fraction of sp³-hybridized carbons (Fsp3) is 0.235. The molecule has 0 heterocycles. The van der Waals surface area contributed by atoms with Crippen molar-refractivity contribution in [1.29, 1.82) is 0 Å². The highest BCUT2D eigenvalue weighted by Gasteiger charge is 2.23. The topological polar surface area (TPSA) is 75.3 Å². The molecule has 0 fully saturated rings. The molecule has 5 nitrogen and oxygen atoms in total. The minimum Gasteiger partial charge on any atom is -0.348 e. The van der Waals surface area contributed by atoms with Gasteiger partial charge in [-0.1, -0.05) is 41.9 Å². The fourth-order valence-corrected chi connectivity index (χ4v) is 3.48. The first-order chi connectivity index (χ1) is 11.3. The molecule has 2 N–H and O–H groups in total. The van der Waals surface area contributed by atoms with Crippen molar-refractivity contribution in [2.24, 2.45) is 0 Å². The summed E-state index contributed by atoms with van der Waals surface area (Å²) >= 11 is 5.84. The normalized spacial score (nSPS) is 14.0. The number of halogens is 1. The monoisotopic (exact) mass is 366 g/mol. The van der Waals surface area contributed by atoms with Gasteiger partial charge >= 0.3 is 0 Å². The molecule has 0 aliphatic carbocycles. The molecule has 0 saturated heterocycles. The zero-order chi connectivity index (χ0) is 17.7. The summed E-state index contributed by atoms with van der Waals surface area (Å²) in [7, 11) is -3.74. The maximum Gasteiger partial charge on any atom is 0.241 e. The average Bonchev–Trinajstić information content (AvgIpc) is 2.55. The third kappa shape index (κ3) is 4.80. The Hall–Kier alpha value is -1.89. The van der Waals surface area contributed by atoms with Crippen molar-refractivity contribution in [3.63, 3.8) is 0 Å². The largest absolute Gasteiger partial charge is 0.348 e. The summed E-state index contributed by atoms with van der Waals surface area (Å²) in [6.07, 6.45) is 0. The van der Waals surface area contributed by atoms with E-state index in [1.165, 1.54) is 19.1 Å². The van der Waals surface area contributed by atoms with Gasteiger partial charge in [0.25, 0.3) is 0 Å². The Balaban J connectivity index is 2.00. The Morgan fingerprint density at radius 1 is 1.00 bits per heavy atom. The van der Waals surface area contributed by atoms with Crippen LogP contribution in [0, 0.1) is 0 Å². The third-order valence-electron chi connectivity index (χ3n) is 3.51.